The Hall–Kier alpha value is -3.84. The molecule has 7 atom stereocenters. The predicted octanol–water partition coefficient (Wildman–Crippen LogP) is 2.96. The van der Waals surface area contributed by atoms with Crippen LogP contribution in [0.3, 0.4) is 0 Å². The number of carboxylic acid groups (broad SMARTS) is 2. The van der Waals surface area contributed by atoms with Crippen LogP contribution in [0.2, 0.25) is 0 Å². The van der Waals surface area contributed by atoms with Gasteiger partial charge in [-0.2, -0.15) is 11.3 Å². The van der Waals surface area contributed by atoms with E-state index in [1.165, 1.54) is 40.8 Å². The molecule has 5 saturated heterocycles. The maximum absolute atomic E-state index is 12.8. The summed E-state index contributed by atoms with van der Waals surface area (Å²) in [5, 5.41) is 23.7. The number of fused-ring (bicyclic) bond motifs is 2. The highest BCUT2D eigenvalue weighted by Gasteiger charge is 2.65. The van der Waals surface area contributed by atoms with Gasteiger partial charge in [-0.25, -0.2) is 9.59 Å². The van der Waals surface area contributed by atoms with Crippen LogP contribution in [0.25, 0.3) is 0 Å². The summed E-state index contributed by atoms with van der Waals surface area (Å²) >= 11 is 4.13. The fourth-order valence-corrected chi connectivity index (χ4v) is 11.1. The van der Waals surface area contributed by atoms with Crippen LogP contribution in [-0.2, 0) is 43.0 Å². The number of ether oxygens (including phenoxy) is 2. The number of esters is 2. The summed E-state index contributed by atoms with van der Waals surface area (Å²) in [6.45, 7) is 14.0. The van der Waals surface area contributed by atoms with Gasteiger partial charge in [0.25, 0.3) is 5.91 Å². The molecule has 1 aromatic rings. The van der Waals surface area contributed by atoms with Crippen molar-refractivity contribution in [2.24, 2.45) is 10.4 Å². The van der Waals surface area contributed by atoms with Gasteiger partial charge < -0.3 is 39.7 Å². The van der Waals surface area contributed by atoms with Crippen molar-refractivity contribution in [2.75, 3.05) is 19.9 Å². The highest BCUT2D eigenvalue weighted by molar-refractivity contribution is 8.02. The first-order chi connectivity index (χ1) is 25.7. The number of carboxylic acids is 2. The lowest BCUT2D eigenvalue weighted by Crippen LogP contribution is -2.71. The van der Waals surface area contributed by atoms with E-state index in [0.29, 0.717) is 5.56 Å². The molecule has 5 aliphatic rings. The number of hydrogen-bond donors (Lipinski definition) is 3. The topological polar surface area (TPSA) is 213 Å². The summed E-state index contributed by atoms with van der Waals surface area (Å²) in [6.07, 6.45) is 6.59. The number of thiophene rings is 1. The van der Waals surface area contributed by atoms with Gasteiger partial charge >= 0.3 is 23.9 Å². The summed E-state index contributed by atoms with van der Waals surface area (Å²) < 4.78 is 9.01. The SMILES string of the molecule is CC(C)(C)C(=O)OCOC(=O)[C@@H]1N2C(=O)[C@@H](N=CN3CCCCCC3)[C@H]2SC1(C)C.CC1(C)S[C@@H]2[C@H](NC(=O)[C@H](C(=O)O)c3ccsc3)C(=O)N2[C@H]1C(=O)O. The lowest BCUT2D eigenvalue weighted by molar-refractivity contribution is -0.179. The average Bonchev–Trinajstić information content (AvgIpc) is 3.68. The zero-order valence-electron chi connectivity index (χ0n) is 31.9. The molecule has 55 heavy (non-hydrogen) atoms. The lowest BCUT2D eigenvalue weighted by Gasteiger charge is -2.43. The van der Waals surface area contributed by atoms with Crippen LogP contribution in [0.15, 0.2) is 21.8 Å². The molecule has 3 N–H and O–H groups in total. The van der Waals surface area contributed by atoms with E-state index < -0.39 is 92.9 Å². The van der Waals surface area contributed by atoms with E-state index in [0.717, 1.165) is 25.9 Å². The Morgan fingerprint density at radius 2 is 1.53 bits per heavy atom. The summed E-state index contributed by atoms with van der Waals surface area (Å²) in [7, 11) is 0. The predicted molar refractivity (Wildman–Crippen MR) is 205 cm³/mol. The summed E-state index contributed by atoms with van der Waals surface area (Å²) in [5.41, 5.74) is -0.326. The van der Waals surface area contributed by atoms with E-state index in [9.17, 15) is 43.8 Å². The maximum Gasteiger partial charge on any atom is 0.333 e. The van der Waals surface area contributed by atoms with Gasteiger partial charge in [-0.05, 0) is 83.7 Å². The zero-order chi connectivity index (χ0) is 40.6. The van der Waals surface area contributed by atoms with Crippen molar-refractivity contribution in [1.29, 1.82) is 0 Å². The molecule has 0 spiro atoms. The first kappa shape index (κ1) is 42.3. The van der Waals surface area contributed by atoms with Gasteiger partial charge in [0.1, 0.15) is 28.9 Å². The van der Waals surface area contributed by atoms with Crippen molar-refractivity contribution in [2.45, 2.75) is 124 Å². The number of carbonyl (C=O) groups is 7. The molecule has 302 valence electrons. The molecular weight excluding hydrogens is 775 g/mol. The highest BCUT2D eigenvalue weighted by atomic mass is 32.2. The second kappa shape index (κ2) is 16.3. The second-order valence-electron chi connectivity index (χ2n) is 16.1. The molecule has 19 heteroatoms. The Balaban J connectivity index is 0.000000214. The standard InChI is InChI=1S/C21H33N3O5S.C15H16N2O6S2/c1-20(2,3)19(27)29-13-28-18(26)15-21(4,5)30-17-14(16(25)24(15)17)22-12-23-10-8-6-7-9-11-23;1-15(2)9(14(22)23)17-11(19)8(12(17)25-15)16-10(18)7(13(20)21)6-3-4-24-5-6/h12,14-15,17H,6-11,13H2,1-5H3;3-5,7-9,12H,1-2H3,(H,16,18)(H,20,21)(H,22,23)/t14-,15+,17-;7-,8-,9+,12-/m11/s1. The van der Waals surface area contributed by atoms with E-state index in [4.69, 9.17) is 9.47 Å². The molecule has 0 unspecified atom stereocenters. The third-order valence-electron chi connectivity index (χ3n) is 10.0. The number of hydrogen-bond acceptors (Lipinski definition) is 13. The van der Waals surface area contributed by atoms with Crippen molar-refractivity contribution in [3.63, 3.8) is 0 Å². The smallest absolute Gasteiger partial charge is 0.333 e. The molecule has 0 saturated carbocycles. The number of aliphatic imine (C=N–C) groups is 1. The van der Waals surface area contributed by atoms with E-state index in [1.807, 2.05) is 20.2 Å². The number of nitrogens with zero attached hydrogens (tertiary/aromatic N) is 4. The number of amides is 3. The quantitative estimate of drug-likeness (QED) is 0.0774. The molecule has 5 fully saturated rings. The Morgan fingerprint density at radius 1 is 0.927 bits per heavy atom. The van der Waals surface area contributed by atoms with Crippen molar-refractivity contribution in [3.8, 4) is 0 Å². The minimum atomic E-state index is -1.40. The number of aliphatic carboxylic acids is 2. The molecule has 0 aromatic carbocycles. The minimum Gasteiger partial charge on any atom is -0.480 e. The summed E-state index contributed by atoms with van der Waals surface area (Å²) in [4.78, 5) is 94.6. The van der Waals surface area contributed by atoms with Gasteiger partial charge in [0, 0.05) is 22.6 Å². The van der Waals surface area contributed by atoms with Crippen LogP contribution >= 0.6 is 34.9 Å². The first-order valence-electron chi connectivity index (χ1n) is 18.1. The van der Waals surface area contributed by atoms with Crippen LogP contribution in [0.1, 0.15) is 85.6 Å². The van der Waals surface area contributed by atoms with Gasteiger partial charge in [0.05, 0.1) is 11.8 Å². The normalized spacial score (nSPS) is 28.4. The van der Waals surface area contributed by atoms with E-state index in [2.05, 4.69) is 15.2 Å². The number of thioether (sulfide) groups is 2. The van der Waals surface area contributed by atoms with Crippen molar-refractivity contribution >= 4 is 82.8 Å². The molecule has 0 aliphatic carbocycles. The summed E-state index contributed by atoms with van der Waals surface area (Å²) in [5.74, 6) is -6.24. The van der Waals surface area contributed by atoms with Gasteiger partial charge in [0.15, 0.2) is 12.0 Å². The molecule has 6 heterocycles. The second-order valence-corrected chi connectivity index (χ2v) is 20.4. The van der Waals surface area contributed by atoms with Crippen LogP contribution in [0, 0.1) is 5.41 Å². The van der Waals surface area contributed by atoms with E-state index in [1.54, 1.807) is 68.1 Å². The van der Waals surface area contributed by atoms with Crippen molar-refractivity contribution < 1.29 is 53.2 Å². The van der Waals surface area contributed by atoms with E-state index in [-0.39, 0.29) is 11.3 Å². The fraction of sp³-hybridized carbons (Fsp3) is 0.667. The Kier molecular flexibility index (Phi) is 12.6. The van der Waals surface area contributed by atoms with Gasteiger partial charge in [-0.15, -0.1) is 23.5 Å². The van der Waals surface area contributed by atoms with Gasteiger partial charge in [0.2, 0.25) is 18.6 Å². The Morgan fingerprint density at radius 3 is 2.09 bits per heavy atom. The molecule has 1 aromatic heterocycles. The molecule has 5 aliphatic heterocycles. The maximum atomic E-state index is 12.8. The Bertz CT molecular complexity index is 1700. The monoisotopic (exact) mass is 823 g/mol. The lowest BCUT2D eigenvalue weighted by atomic mass is 9.95. The molecule has 0 radical (unpaired) electrons. The average molecular weight is 824 g/mol. The number of likely N-dealkylation sites (tertiary alicyclic amines) is 1. The molecule has 16 nitrogen and oxygen atoms in total. The minimum absolute atomic E-state index is 0.155. The van der Waals surface area contributed by atoms with Gasteiger partial charge in [-0.3, -0.25) is 29.0 Å². The van der Waals surface area contributed by atoms with E-state index >= 15 is 0 Å². The molecule has 6 rings (SSSR count). The molecule has 3 amide bonds. The molecular formula is C36H49N5O11S3. The van der Waals surface area contributed by atoms with Crippen LogP contribution in [0.5, 0.6) is 0 Å². The van der Waals surface area contributed by atoms with Gasteiger partial charge in [-0.1, -0.05) is 12.8 Å². The number of rotatable bonds is 10. The third kappa shape index (κ3) is 8.77. The number of β-lactam (4-membered cyclic amide) rings is 2. The number of carbonyl (C=O) groups excluding carboxylic acids is 5. The van der Waals surface area contributed by atoms with Crippen molar-refractivity contribution in [3.05, 3.63) is 22.4 Å². The zero-order valence-corrected chi connectivity index (χ0v) is 34.3. The third-order valence-corrected chi connectivity index (χ3v) is 13.9. The Labute approximate surface area is 332 Å². The summed E-state index contributed by atoms with van der Waals surface area (Å²) in [6, 6.07) is -1.53. The fourth-order valence-electron chi connectivity index (χ4n) is 7.15. The first-order valence-corrected chi connectivity index (χ1v) is 20.8. The highest BCUT2D eigenvalue weighted by Crippen LogP contribution is 2.52. The van der Waals surface area contributed by atoms with Crippen LogP contribution in [-0.4, -0.2) is 137 Å². The molecule has 0 bridgehead atoms. The van der Waals surface area contributed by atoms with Crippen LogP contribution in [0.4, 0.5) is 0 Å². The number of nitrogens with one attached hydrogen (secondary N) is 1. The van der Waals surface area contributed by atoms with Crippen LogP contribution < -0.4 is 5.32 Å². The van der Waals surface area contributed by atoms with Crippen molar-refractivity contribution in [1.82, 2.24) is 20.0 Å². The largest absolute Gasteiger partial charge is 0.480 e.